The summed E-state index contributed by atoms with van der Waals surface area (Å²) in [6, 6.07) is 0. The lowest BCUT2D eigenvalue weighted by Gasteiger charge is -2.01. The van der Waals surface area contributed by atoms with E-state index in [2.05, 4.69) is 4.74 Å². The molecule has 0 spiro atoms. The largest absolute Gasteiger partial charge is 0.583 e. The van der Waals surface area contributed by atoms with Crippen LogP contribution in [0.1, 0.15) is 0 Å². The third kappa shape index (κ3) is 7.23. The predicted molar refractivity (Wildman–Crippen MR) is 34.4 cm³/mol. The van der Waals surface area contributed by atoms with E-state index >= 15 is 0 Å². The Balaban J connectivity index is 3.43. The Morgan fingerprint density at radius 3 is 2.82 bits per heavy atom. The molecular weight excluding hydrogens is 171 g/mol. The first kappa shape index (κ1) is 10.3. The Hall–Kier alpha value is -0.660. The summed E-state index contributed by atoms with van der Waals surface area (Å²) in [5.74, 6) is 0. The molecule has 0 aliphatic rings. The molecule has 0 saturated heterocycles. The topological polar surface area (TPSA) is 89.8 Å². The van der Waals surface area contributed by atoms with Crippen LogP contribution in [0.4, 0.5) is 0 Å². The molecule has 5 nitrogen and oxygen atoms in total. The zero-order chi connectivity index (χ0) is 8.69. The smallest absolute Gasteiger partial charge is 0.406 e. The Kier molecular flexibility index (Phi) is 5.71. The van der Waals surface area contributed by atoms with E-state index in [-0.39, 0.29) is 6.61 Å². The van der Waals surface area contributed by atoms with E-state index in [0.717, 1.165) is 0 Å². The van der Waals surface area contributed by atoms with E-state index in [0.29, 0.717) is 0 Å². The Bertz CT molecular complexity index is 181. The third-order valence-corrected chi connectivity index (χ3v) is 0.969. The van der Waals surface area contributed by atoms with Gasteiger partial charge in [0.1, 0.15) is 12.7 Å². The lowest BCUT2D eigenvalue weighted by Crippen LogP contribution is -2.17. The van der Waals surface area contributed by atoms with Gasteiger partial charge in [0, 0.05) is 0 Å². The predicted octanol–water partition coefficient (Wildman–Crippen LogP) is -1.62. The summed E-state index contributed by atoms with van der Waals surface area (Å²) < 4.78 is 14.1. The fourth-order valence-electron chi connectivity index (χ4n) is 0.260. The normalized spacial score (nSPS) is 12.8. The van der Waals surface area contributed by atoms with Crippen LogP contribution in [0.2, 0.25) is 0 Å². The molecule has 0 aliphatic heterocycles. The molecule has 0 heterocycles. The van der Waals surface area contributed by atoms with Crippen molar-refractivity contribution in [1.29, 1.82) is 0 Å². The summed E-state index contributed by atoms with van der Waals surface area (Å²) >= 11 is 0. The minimum atomic E-state index is -2.77. The molecule has 0 radical (unpaired) electrons. The molecule has 0 saturated carbocycles. The third-order valence-electron chi connectivity index (χ3n) is 0.696. The number of rotatable bonds is 3. The summed E-state index contributed by atoms with van der Waals surface area (Å²) in [7, 11) is -2.77. The van der Waals surface area contributed by atoms with E-state index in [1.165, 1.54) is 0 Å². The molecule has 2 atom stereocenters. The lowest BCUT2D eigenvalue weighted by atomic mass is 10.4. The number of hydrogen-bond donors (Lipinski definition) is 2. The van der Waals surface area contributed by atoms with E-state index in [1.54, 1.807) is 5.66 Å². The van der Waals surface area contributed by atoms with Crippen LogP contribution in [0.25, 0.3) is 0 Å². The maximum atomic E-state index is 9.79. The Morgan fingerprint density at radius 1 is 1.73 bits per heavy atom. The number of aliphatic hydroxyl groups is 2. The Morgan fingerprint density at radius 2 is 2.36 bits per heavy atom. The lowest BCUT2D eigenvalue weighted by molar-refractivity contribution is -0.160. The number of ether oxygens (including phenoxy) is 1. The molecule has 0 aliphatic carbocycles. The highest BCUT2D eigenvalue weighted by atomic mass is 31.1. The Labute approximate surface area is 64.5 Å². The van der Waals surface area contributed by atoms with Gasteiger partial charge in [0.2, 0.25) is 5.66 Å². The van der Waals surface area contributed by atoms with Gasteiger partial charge >= 0.3 is 8.03 Å². The first-order chi connectivity index (χ1) is 5.16. The van der Waals surface area contributed by atoms with Crippen LogP contribution in [0, 0.1) is 11.8 Å². The van der Waals surface area contributed by atoms with Gasteiger partial charge in [0.05, 0.1) is 6.61 Å². The van der Waals surface area contributed by atoms with Crippen molar-refractivity contribution in [3.8, 4) is 11.8 Å². The maximum absolute atomic E-state index is 9.79. The number of aliphatic hydroxyl groups excluding tert-OH is 2. The van der Waals surface area contributed by atoms with E-state index in [1.807, 2.05) is 6.11 Å². The summed E-state index contributed by atoms with van der Waals surface area (Å²) in [6.07, 6.45) is 0.813. The van der Waals surface area contributed by atoms with Gasteiger partial charge in [-0.2, -0.15) is 0 Å². The van der Waals surface area contributed by atoms with Crippen LogP contribution in [0.3, 0.4) is 0 Å². The molecule has 11 heavy (non-hydrogen) atoms. The van der Waals surface area contributed by atoms with Crippen molar-refractivity contribution < 1.29 is 24.4 Å². The van der Waals surface area contributed by atoms with Crippen molar-refractivity contribution in [2.75, 3.05) is 13.2 Å². The SMILES string of the molecule is O=[P+]([O-])C#COCC(O)CO. The fraction of sp³-hybridized carbons (Fsp3) is 0.600. The standard InChI is InChI=1S/C5H7O5P/c6-3-5(7)4-10-1-2-11(8)9/h5-7H,3-4H2. The van der Waals surface area contributed by atoms with Crippen molar-refractivity contribution >= 4 is 8.03 Å². The zero-order valence-electron chi connectivity index (χ0n) is 5.56. The van der Waals surface area contributed by atoms with Crippen LogP contribution >= 0.6 is 8.03 Å². The molecule has 0 fully saturated rings. The average Bonchev–Trinajstić information content (AvgIpc) is 1.97. The van der Waals surface area contributed by atoms with Gasteiger partial charge in [0.25, 0.3) is 0 Å². The molecule has 0 aromatic carbocycles. The second-order valence-corrected chi connectivity index (χ2v) is 2.36. The second-order valence-electron chi connectivity index (χ2n) is 1.62. The molecule has 0 rings (SSSR count). The molecule has 0 amide bonds. The molecule has 2 N–H and O–H groups in total. The van der Waals surface area contributed by atoms with Gasteiger partial charge in [-0.1, -0.05) is 4.57 Å². The molecular formula is C5H7O5P. The molecule has 0 aromatic heterocycles. The number of hydrogen-bond acceptors (Lipinski definition) is 5. The van der Waals surface area contributed by atoms with Gasteiger partial charge in [-0.05, 0) is 0 Å². The highest BCUT2D eigenvalue weighted by molar-refractivity contribution is 7.42. The van der Waals surface area contributed by atoms with Crippen molar-refractivity contribution in [3.63, 3.8) is 0 Å². The molecule has 0 bridgehead atoms. The zero-order valence-corrected chi connectivity index (χ0v) is 6.45. The van der Waals surface area contributed by atoms with E-state index in [4.69, 9.17) is 10.2 Å². The van der Waals surface area contributed by atoms with E-state index < -0.39 is 20.7 Å². The first-order valence-electron chi connectivity index (χ1n) is 2.72. The quantitative estimate of drug-likeness (QED) is 0.400. The second kappa shape index (κ2) is 6.08. The van der Waals surface area contributed by atoms with Crippen LogP contribution in [-0.4, -0.2) is 29.5 Å². The minimum Gasteiger partial charge on any atom is -0.583 e. The molecule has 2 unspecified atom stereocenters. The van der Waals surface area contributed by atoms with Gasteiger partial charge in [-0.25, -0.2) is 0 Å². The first-order valence-corrected chi connectivity index (χ1v) is 3.90. The van der Waals surface area contributed by atoms with Crippen molar-refractivity contribution in [2.24, 2.45) is 0 Å². The molecule has 6 heteroatoms. The average molecular weight is 178 g/mol. The fourth-order valence-corrected chi connectivity index (χ4v) is 0.399. The summed E-state index contributed by atoms with van der Waals surface area (Å²) in [6.45, 7) is -0.641. The van der Waals surface area contributed by atoms with Gasteiger partial charge in [-0.15, -0.1) is 0 Å². The highest BCUT2D eigenvalue weighted by Gasteiger charge is 1.99. The van der Waals surface area contributed by atoms with Crippen molar-refractivity contribution in [2.45, 2.75) is 6.10 Å². The summed E-state index contributed by atoms with van der Waals surface area (Å²) in [5.41, 5.74) is 1.71. The van der Waals surface area contributed by atoms with Crippen LogP contribution < -0.4 is 4.89 Å². The van der Waals surface area contributed by atoms with Gasteiger partial charge < -0.3 is 19.8 Å². The van der Waals surface area contributed by atoms with Crippen molar-refractivity contribution in [1.82, 2.24) is 0 Å². The highest BCUT2D eigenvalue weighted by Crippen LogP contribution is 2.00. The molecule has 0 aromatic rings. The van der Waals surface area contributed by atoms with Gasteiger partial charge in [0.15, 0.2) is 6.11 Å². The molecule has 62 valence electrons. The van der Waals surface area contributed by atoms with Crippen LogP contribution in [0.15, 0.2) is 0 Å². The summed E-state index contributed by atoms with van der Waals surface area (Å²) in [4.78, 5) is 9.79. The van der Waals surface area contributed by atoms with E-state index in [9.17, 15) is 9.46 Å². The minimum absolute atomic E-state index is 0.202. The summed E-state index contributed by atoms with van der Waals surface area (Å²) in [5, 5.41) is 16.9. The maximum Gasteiger partial charge on any atom is 0.406 e. The van der Waals surface area contributed by atoms with Crippen LogP contribution in [-0.2, 0) is 9.30 Å². The van der Waals surface area contributed by atoms with Gasteiger partial charge in [-0.3, -0.25) is 0 Å². The monoisotopic (exact) mass is 178 g/mol. The van der Waals surface area contributed by atoms with Crippen LogP contribution in [0.5, 0.6) is 0 Å². The van der Waals surface area contributed by atoms with Crippen molar-refractivity contribution in [3.05, 3.63) is 0 Å².